The van der Waals surface area contributed by atoms with Gasteiger partial charge < -0.3 is 9.64 Å². The maximum absolute atomic E-state index is 7.04. The summed E-state index contributed by atoms with van der Waals surface area (Å²) in [5.74, 6) is 5.38. The molecule has 4 saturated carbocycles. The van der Waals surface area contributed by atoms with Crippen LogP contribution in [0.2, 0.25) is 0 Å². The van der Waals surface area contributed by atoms with E-state index in [0.717, 1.165) is 23.3 Å². The number of nitrogens with zero attached hydrogens (tertiary/aromatic N) is 1. The van der Waals surface area contributed by atoms with Crippen molar-refractivity contribution in [1.29, 1.82) is 0 Å². The molecule has 0 amide bonds. The molecule has 0 aromatic heterocycles. The van der Waals surface area contributed by atoms with E-state index in [9.17, 15) is 0 Å². The van der Waals surface area contributed by atoms with Crippen molar-refractivity contribution in [3.63, 3.8) is 0 Å². The fraction of sp³-hybridized carbons (Fsp3) is 0.375. The lowest BCUT2D eigenvalue weighted by Crippen LogP contribution is -2.74. The maximum atomic E-state index is 7.04. The van der Waals surface area contributed by atoms with Crippen LogP contribution >= 0.6 is 0 Å². The average Bonchev–Trinajstić information content (AvgIpc) is 3.66. The zero-order valence-corrected chi connectivity index (χ0v) is 29.9. The highest BCUT2D eigenvalue weighted by Gasteiger charge is 2.84. The van der Waals surface area contributed by atoms with E-state index in [1.807, 2.05) is 0 Å². The van der Waals surface area contributed by atoms with Crippen LogP contribution in [0.1, 0.15) is 88.5 Å². The van der Waals surface area contributed by atoms with Crippen molar-refractivity contribution in [2.45, 2.75) is 82.5 Å². The maximum Gasteiger partial charge on any atom is 0.132 e. The molecule has 1 aliphatic heterocycles. The second kappa shape index (κ2) is 9.72. The van der Waals surface area contributed by atoms with Crippen LogP contribution in [-0.2, 0) is 16.2 Å². The molecule has 6 unspecified atom stereocenters. The summed E-state index contributed by atoms with van der Waals surface area (Å²) in [6.07, 6.45) is 8.03. The molecule has 4 fully saturated rings. The fourth-order valence-corrected chi connectivity index (χ4v) is 13.0. The van der Waals surface area contributed by atoms with Gasteiger partial charge in [-0.25, -0.2) is 0 Å². The van der Waals surface area contributed by atoms with Crippen molar-refractivity contribution in [3.05, 3.63) is 138 Å². The van der Waals surface area contributed by atoms with Gasteiger partial charge in [-0.05, 0) is 132 Å². The molecule has 5 aromatic carbocycles. The Morgan fingerprint density at radius 1 is 0.600 bits per heavy atom. The number of hydrogen-bond acceptors (Lipinski definition) is 2. The highest BCUT2D eigenvalue weighted by molar-refractivity contribution is 5.92. The highest BCUT2D eigenvalue weighted by atomic mass is 16.5. The van der Waals surface area contributed by atoms with Gasteiger partial charge in [0.15, 0.2) is 0 Å². The minimum Gasteiger partial charge on any atom is -0.457 e. The third-order valence-electron chi connectivity index (χ3n) is 15.0. The highest BCUT2D eigenvalue weighted by Crippen LogP contribution is 2.89. The molecule has 0 radical (unpaired) electrons. The number of hydrogen-bond donors (Lipinski definition) is 0. The molecule has 5 aliphatic carbocycles. The molecule has 2 spiro atoms. The minimum absolute atomic E-state index is 0.0134. The predicted molar refractivity (Wildman–Crippen MR) is 204 cm³/mol. The van der Waals surface area contributed by atoms with Crippen LogP contribution in [0.15, 0.2) is 115 Å². The second-order valence-electron chi connectivity index (χ2n) is 18.0. The number of anilines is 3. The normalized spacial score (nSPS) is 31.0. The van der Waals surface area contributed by atoms with Crippen molar-refractivity contribution >= 4 is 17.1 Å². The van der Waals surface area contributed by atoms with Crippen LogP contribution in [0.25, 0.3) is 11.1 Å². The number of fused-ring (bicyclic) bond motifs is 8. The monoisotopic (exact) mass is 653 g/mol. The van der Waals surface area contributed by atoms with Gasteiger partial charge in [0.05, 0.1) is 11.4 Å². The zero-order chi connectivity index (χ0) is 33.6. The third kappa shape index (κ3) is 3.51. The van der Waals surface area contributed by atoms with E-state index < -0.39 is 0 Å². The Bertz CT molecular complexity index is 2200. The van der Waals surface area contributed by atoms with Crippen molar-refractivity contribution in [1.82, 2.24) is 0 Å². The Balaban J connectivity index is 1.22. The Hall–Kier alpha value is -4.30. The van der Waals surface area contributed by atoms with Gasteiger partial charge >= 0.3 is 0 Å². The lowest BCUT2D eigenvalue weighted by molar-refractivity contribution is -0.235. The standard InChI is InChI=1S/C48H47NO/c1-45(2)22-23-46(3,4)44-36(45)19-13-20-38(44)49(33-16-9-6-10-17-33)39-28-37-41(27-34(39)31-14-7-5-8-15-31)50-40-21-12-11-18-35(40)48(37)42-25-30-24-32-26-43(48)47(32,42)29-30/h5-21,27-28,30,32,42-43H,22-26,29H2,1-4H3. The third-order valence-corrected chi connectivity index (χ3v) is 15.0. The van der Waals surface area contributed by atoms with Crippen molar-refractivity contribution in [3.8, 4) is 22.6 Å². The van der Waals surface area contributed by atoms with Gasteiger partial charge in [-0.15, -0.1) is 0 Å². The molecule has 2 nitrogen and oxygen atoms in total. The molecule has 250 valence electrons. The summed E-state index contributed by atoms with van der Waals surface area (Å²) in [4.78, 5) is 2.62. The summed E-state index contributed by atoms with van der Waals surface area (Å²) in [5, 5.41) is 0. The smallest absolute Gasteiger partial charge is 0.132 e. The predicted octanol–water partition coefficient (Wildman–Crippen LogP) is 12.6. The van der Waals surface area contributed by atoms with Crippen LogP contribution in [0.3, 0.4) is 0 Å². The number of rotatable bonds is 4. The Morgan fingerprint density at radius 2 is 1.30 bits per heavy atom. The van der Waals surface area contributed by atoms with Gasteiger partial charge in [-0.3, -0.25) is 0 Å². The first-order valence-corrected chi connectivity index (χ1v) is 19.2. The topological polar surface area (TPSA) is 12.5 Å². The first-order chi connectivity index (χ1) is 24.2. The molecule has 5 aromatic rings. The zero-order valence-electron chi connectivity index (χ0n) is 29.9. The largest absolute Gasteiger partial charge is 0.457 e. The SMILES string of the molecule is CC1(C)CCC(C)(C)c2c(N(c3ccccc3)c3cc4c(cc3-c3ccccc3)Oc3ccccc3C43C4CC5CC6CC3C64C5)cccc21. The van der Waals surface area contributed by atoms with Gasteiger partial charge in [0.2, 0.25) is 0 Å². The molecule has 50 heavy (non-hydrogen) atoms. The lowest BCUT2D eigenvalue weighted by Gasteiger charge is -2.77. The minimum atomic E-state index is 0.0134. The summed E-state index contributed by atoms with van der Waals surface area (Å²) in [6.45, 7) is 9.82. The van der Waals surface area contributed by atoms with E-state index in [2.05, 4.69) is 148 Å². The molecule has 1 heterocycles. The first-order valence-electron chi connectivity index (χ1n) is 19.2. The molecular formula is C48H47NO. The number of ether oxygens (including phenoxy) is 1. The molecular weight excluding hydrogens is 607 g/mol. The second-order valence-corrected chi connectivity index (χ2v) is 18.0. The molecule has 0 N–H and O–H groups in total. The van der Waals surface area contributed by atoms with Gasteiger partial charge in [-0.1, -0.05) is 107 Å². The van der Waals surface area contributed by atoms with E-state index in [-0.39, 0.29) is 16.2 Å². The summed E-state index contributed by atoms with van der Waals surface area (Å²) >= 11 is 0. The molecule has 0 saturated heterocycles. The average molecular weight is 654 g/mol. The quantitative estimate of drug-likeness (QED) is 0.191. The molecule has 6 aliphatic rings. The van der Waals surface area contributed by atoms with Gasteiger partial charge in [0.25, 0.3) is 0 Å². The van der Waals surface area contributed by atoms with E-state index >= 15 is 0 Å². The summed E-state index contributed by atoms with van der Waals surface area (Å²) < 4.78 is 7.04. The Kier molecular flexibility index (Phi) is 5.72. The summed E-state index contributed by atoms with van der Waals surface area (Å²) in [7, 11) is 0. The van der Waals surface area contributed by atoms with E-state index in [0.29, 0.717) is 17.3 Å². The van der Waals surface area contributed by atoms with E-state index in [1.165, 1.54) is 89.0 Å². The summed E-state index contributed by atoms with van der Waals surface area (Å²) in [6, 6.07) is 43.5. The Morgan fingerprint density at radius 3 is 2.10 bits per heavy atom. The summed E-state index contributed by atoms with van der Waals surface area (Å²) in [5.41, 5.74) is 12.8. The van der Waals surface area contributed by atoms with Crippen LogP contribution < -0.4 is 9.64 Å². The molecule has 2 heteroatoms. The first kappa shape index (κ1) is 29.4. The van der Waals surface area contributed by atoms with E-state index in [1.54, 1.807) is 0 Å². The number of para-hydroxylation sites is 2. The van der Waals surface area contributed by atoms with Crippen molar-refractivity contribution < 1.29 is 4.74 Å². The fourth-order valence-electron chi connectivity index (χ4n) is 13.0. The van der Waals surface area contributed by atoms with E-state index in [4.69, 9.17) is 4.74 Å². The molecule has 2 bridgehead atoms. The van der Waals surface area contributed by atoms with Gasteiger partial charge in [0.1, 0.15) is 11.5 Å². The van der Waals surface area contributed by atoms with Crippen LogP contribution in [0.4, 0.5) is 17.1 Å². The van der Waals surface area contributed by atoms with Gasteiger partial charge in [0, 0.05) is 27.8 Å². The molecule has 6 atom stereocenters. The Labute approximate surface area is 297 Å². The lowest BCUT2D eigenvalue weighted by atomic mass is 9.26. The van der Waals surface area contributed by atoms with Crippen LogP contribution in [0.5, 0.6) is 11.5 Å². The van der Waals surface area contributed by atoms with Crippen LogP contribution in [0, 0.1) is 29.1 Å². The van der Waals surface area contributed by atoms with Crippen molar-refractivity contribution in [2.75, 3.05) is 4.90 Å². The van der Waals surface area contributed by atoms with Crippen molar-refractivity contribution in [2.24, 2.45) is 29.1 Å². The van der Waals surface area contributed by atoms with Crippen LogP contribution in [-0.4, -0.2) is 0 Å². The van der Waals surface area contributed by atoms with Gasteiger partial charge in [-0.2, -0.15) is 0 Å². The number of benzene rings is 5. The molecule has 11 rings (SSSR count).